The monoisotopic (exact) mass is 293 g/mol. The number of hydrogen-bond acceptors (Lipinski definition) is 5. The average molecular weight is 293 g/mol. The number of aromatic hydroxyl groups is 2. The Hall–Kier alpha value is -1.30. The number of phenols is 2. The predicted molar refractivity (Wildman–Crippen MR) is 78.1 cm³/mol. The van der Waals surface area contributed by atoms with Crippen LogP contribution in [-0.4, -0.2) is 34.1 Å². The molecule has 0 saturated heterocycles. The van der Waals surface area contributed by atoms with E-state index in [4.69, 9.17) is 10.5 Å². The molecule has 0 radical (unpaired) electrons. The van der Waals surface area contributed by atoms with Gasteiger partial charge in [-0.1, -0.05) is 12.5 Å². The van der Waals surface area contributed by atoms with Gasteiger partial charge in [0.25, 0.3) is 0 Å². The number of fused-ring (bicyclic) bond motifs is 1. The topological polar surface area (TPSA) is 95.9 Å². The lowest BCUT2D eigenvalue weighted by atomic mass is 9.79. The normalized spacial score (nSPS) is 32.7. The number of hydrogen-bond donors (Lipinski definition) is 4. The highest BCUT2D eigenvalue weighted by Gasteiger charge is 2.36. The van der Waals surface area contributed by atoms with Crippen LogP contribution in [0, 0.1) is 5.92 Å². The minimum atomic E-state index is -0.261. The molecular weight excluding hydrogens is 270 g/mol. The first-order chi connectivity index (χ1) is 10.1. The Labute approximate surface area is 124 Å². The third kappa shape index (κ3) is 2.73. The highest BCUT2D eigenvalue weighted by Crippen LogP contribution is 2.43. The van der Waals surface area contributed by atoms with Gasteiger partial charge in [-0.3, -0.25) is 0 Å². The minimum absolute atomic E-state index is 0.0596. The Morgan fingerprint density at radius 1 is 1.24 bits per heavy atom. The number of phenolic OH excluding ortho intramolecular Hbond substituents is 2. The highest BCUT2D eigenvalue weighted by atomic mass is 16.5. The zero-order valence-electron chi connectivity index (χ0n) is 12.0. The lowest BCUT2D eigenvalue weighted by molar-refractivity contribution is -0.0713. The van der Waals surface area contributed by atoms with Crippen molar-refractivity contribution in [3.63, 3.8) is 0 Å². The zero-order chi connectivity index (χ0) is 15.0. The van der Waals surface area contributed by atoms with E-state index < -0.39 is 0 Å². The zero-order valence-corrected chi connectivity index (χ0v) is 12.0. The first-order valence-electron chi connectivity index (χ1n) is 7.67. The summed E-state index contributed by atoms with van der Waals surface area (Å²) in [6.07, 6.45) is 3.58. The molecule has 1 aromatic rings. The van der Waals surface area contributed by atoms with Crippen molar-refractivity contribution in [3.05, 3.63) is 23.3 Å². The SMILES string of the molecule is NCC1OC(C2CCCC(O)C2)Cc2c1ccc(O)c2O. The molecule has 4 unspecified atom stereocenters. The van der Waals surface area contributed by atoms with E-state index in [1.165, 1.54) is 6.07 Å². The molecule has 21 heavy (non-hydrogen) atoms. The minimum Gasteiger partial charge on any atom is -0.504 e. The first kappa shape index (κ1) is 14.6. The number of rotatable bonds is 2. The lowest BCUT2D eigenvalue weighted by Crippen LogP contribution is -2.38. The predicted octanol–water partition coefficient (Wildman–Crippen LogP) is 1.59. The summed E-state index contributed by atoms with van der Waals surface area (Å²) in [4.78, 5) is 0. The summed E-state index contributed by atoms with van der Waals surface area (Å²) in [5, 5.41) is 29.7. The molecule has 3 rings (SSSR count). The molecule has 0 aromatic heterocycles. The summed E-state index contributed by atoms with van der Waals surface area (Å²) in [6, 6.07) is 3.25. The quantitative estimate of drug-likeness (QED) is 0.621. The van der Waals surface area contributed by atoms with Crippen LogP contribution in [0.3, 0.4) is 0 Å². The summed E-state index contributed by atoms with van der Waals surface area (Å²) in [7, 11) is 0. The van der Waals surface area contributed by atoms with Crippen LogP contribution in [0.2, 0.25) is 0 Å². The van der Waals surface area contributed by atoms with Gasteiger partial charge in [-0.2, -0.15) is 0 Å². The Morgan fingerprint density at radius 2 is 2.05 bits per heavy atom. The van der Waals surface area contributed by atoms with Crippen LogP contribution in [0.15, 0.2) is 12.1 Å². The highest BCUT2D eigenvalue weighted by molar-refractivity contribution is 5.51. The van der Waals surface area contributed by atoms with Gasteiger partial charge in [0.1, 0.15) is 0 Å². The number of ether oxygens (including phenoxy) is 1. The molecule has 1 heterocycles. The maximum atomic E-state index is 10.1. The maximum Gasteiger partial charge on any atom is 0.161 e. The van der Waals surface area contributed by atoms with Crippen molar-refractivity contribution < 1.29 is 20.1 Å². The molecule has 1 aliphatic heterocycles. The summed E-state index contributed by atoms with van der Waals surface area (Å²) in [6.45, 7) is 0.336. The molecule has 2 aliphatic rings. The molecule has 116 valence electrons. The van der Waals surface area contributed by atoms with E-state index >= 15 is 0 Å². The van der Waals surface area contributed by atoms with Gasteiger partial charge in [0, 0.05) is 18.5 Å². The molecule has 0 spiro atoms. The van der Waals surface area contributed by atoms with Crippen LogP contribution in [0.4, 0.5) is 0 Å². The fourth-order valence-electron chi connectivity index (χ4n) is 3.69. The summed E-state index contributed by atoms with van der Waals surface area (Å²) in [5.41, 5.74) is 7.41. The number of nitrogens with two attached hydrogens (primary N) is 1. The maximum absolute atomic E-state index is 10.1. The molecule has 1 fully saturated rings. The molecule has 0 bridgehead atoms. The third-order valence-electron chi connectivity index (χ3n) is 4.82. The summed E-state index contributed by atoms with van der Waals surface area (Å²) < 4.78 is 6.12. The van der Waals surface area contributed by atoms with Crippen LogP contribution >= 0.6 is 0 Å². The summed E-state index contributed by atoms with van der Waals surface area (Å²) in [5.74, 6) is 0.113. The van der Waals surface area contributed by atoms with Gasteiger partial charge in [-0.25, -0.2) is 0 Å². The molecular formula is C16H23NO4. The number of aliphatic hydroxyl groups is 1. The molecule has 5 nitrogen and oxygen atoms in total. The van der Waals surface area contributed by atoms with Crippen LogP contribution in [0.25, 0.3) is 0 Å². The second-order valence-corrected chi connectivity index (χ2v) is 6.18. The van der Waals surface area contributed by atoms with E-state index in [2.05, 4.69) is 0 Å². The van der Waals surface area contributed by atoms with Gasteiger partial charge < -0.3 is 25.8 Å². The number of benzene rings is 1. The molecule has 5 N–H and O–H groups in total. The molecule has 4 atom stereocenters. The van der Waals surface area contributed by atoms with E-state index in [1.54, 1.807) is 6.07 Å². The van der Waals surface area contributed by atoms with Crippen molar-refractivity contribution in [1.82, 2.24) is 0 Å². The van der Waals surface area contributed by atoms with Crippen molar-refractivity contribution in [3.8, 4) is 11.5 Å². The summed E-state index contributed by atoms with van der Waals surface area (Å²) >= 11 is 0. The van der Waals surface area contributed by atoms with Crippen LogP contribution in [-0.2, 0) is 11.2 Å². The second kappa shape index (κ2) is 5.83. The first-order valence-corrected chi connectivity index (χ1v) is 7.67. The fourth-order valence-corrected chi connectivity index (χ4v) is 3.69. The third-order valence-corrected chi connectivity index (χ3v) is 4.82. The van der Waals surface area contributed by atoms with Crippen LogP contribution in [0.1, 0.15) is 42.9 Å². The Bertz CT molecular complexity index is 519. The van der Waals surface area contributed by atoms with Gasteiger partial charge >= 0.3 is 0 Å². The van der Waals surface area contributed by atoms with E-state index in [9.17, 15) is 15.3 Å². The van der Waals surface area contributed by atoms with Crippen LogP contribution < -0.4 is 5.73 Å². The van der Waals surface area contributed by atoms with Gasteiger partial charge in [-0.15, -0.1) is 0 Å². The van der Waals surface area contributed by atoms with Gasteiger partial charge in [0.2, 0.25) is 0 Å². The van der Waals surface area contributed by atoms with Crippen molar-refractivity contribution in [1.29, 1.82) is 0 Å². The Morgan fingerprint density at radius 3 is 2.76 bits per heavy atom. The molecule has 1 aliphatic carbocycles. The molecule has 0 amide bonds. The van der Waals surface area contributed by atoms with Crippen molar-refractivity contribution in [2.75, 3.05) is 6.54 Å². The standard InChI is InChI=1S/C16H23NO4/c17-8-15-11-4-5-13(19)16(20)12(11)7-14(21-15)9-2-1-3-10(18)6-9/h4-5,9-10,14-15,18-20H,1-3,6-8,17H2. The fraction of sp³-hybridized carbons (Fsp3) is 0.625. The van der Waals surface area contributed by atoms with E-state index in [0.29, 0.717) is 13.0 Å². The average Bonchev–Trinajstić information content (AvgIpc) is 2.50. The van der Waals surface area contributed by atoms with Gasteiger partial charge in [0.05, 0.1) is 18.3 Å². The molecule has 1 aromatic carbocycles. The largest absolute Gasteiger partial charge is 0.504 e. The van der Waals surface area contributed by atoms with Crippen molar-refractivity contribution >= 4 is 0 Å². The van der Waals surface area contributed by atoms with Gasteiger partial charge in [0.15, 0.2) is 11.5 Å². The smallest absolute Gasteiger partial charge is 0.161 e. The van der Waals surface area contributed by atoms with Crippen molar-refractivity contribution in [2.45, 2.75) is 50.4 Å². The van der Waals surface area contributed by atoms with E-state index in [-0.39, 0.29) is 35.7 Å². The molecule has 1 saturated carbocycles. The lowest BCUT2D eigenvalue weighted by Gasteiger charge is -2.39. The molecule has 5 heteroatoms. The van der Waals surface area contributed by atoms with E-state index in [1.807, 2.05) is 0 Å². The van der Waals surface area contributed by atoms with E-state index in [0.717, 1.165) is 36.8 Å². The van der Waals surface area contributed by atoms with Crippen molar-refractivity contribution in [2.24, 2.45) is 11.7 Å². The number of aliphatic hydroxyl groups excluding tert-OH is 1. The Kier molecular flexibility index (Phi) is 4.06. The van der Waals surface area contributed by atoms with Crippen LogP contribution in [0.5, 0.6) is 11.5 Å². The van der Waals surface area contributed by atoms with Gasteiger partial charge in [-0.05, 0) is 36.8 Å². The second-order valence-electron chi connectivity index (χ2n) is 6.18. The Balaban J connectivity index is 1.88.